The van der Waals surface area contributed by atoms with Gasteiger partial charge in [0, 0.05) is 11.7 Å². The number of hydrogen-bond acceptors (Lipinski definition) is 3. The Hall–Kier alpha value is -1.22. The van der Waals surface area contributed by atoms with Crippen molar-refractivity contribution < 1.29 is 9.84 Å². The molecule has 0 atom stereocenters. The van der Waals surface area contributed by atoms with Crippen LogP contribution < -0.4 is 10.1 Å². The minimum atomic E-state index is -0.0833. The van der Waals surface area contributed by atoms with E-state index in [4.69, 9.17) is 4.74 Å². The third-order valence-electron chi connectivity index (χ3n) is 3.98. The molecule has 0 aromatic heterocycles. The molecular weight excluding hydrogens is 226 g/mol. The second-order valence-corrected chi connectivity index (χ2v) is 5.42. The number of hydrogen-bond donors (Lipinski definition) is 2. The minimum Gasteiger partial charge on any atom is -0.493 e. The van der Waals surface area contributed by atoms with Crippen molar-refractivity contribution in [2.75, 3.05) is 11.9 Å². The monoisotopic (exact) mass is 247 g/mol. The van der Waals surface area contributed by atoms with Crippen LogP contribution in [-0.4, -0.2) is 23.9 Å². The largest absolute Gasteiger partial charge is 0.493 e. The average molecular weight is 247 g/mol. The summed E-state index contributed by atoms with van der Waals surface area (Å²) in [6, 6.07) is 6.92. The van der Waals surface area contributed by atoms with Gasteiger partial charge in [-0.05, 0) is 62.3 Å². The fourth-order valence-electron chi connectivity index (χ4n) is 2.91. The molecule has 0 amide bonds. The summed E-state index contributed by atoms with van der Waals surface area (Å²) in [4.78, 5) is 0. The van der Waals surface area contributed by atoms with E-state index in [2.05, 4.69) is 23.5 Å². The number of anilines is 1. The molecule has 0 saturated heterocycles. The molecule has 0 bridgehead atoms. The molecule has 3 nitrogen and oxygen atoms in total. The summed E-state index contributed by atoms with van der Waals surface area (Å²) in [6.07, 6.45) is 6.13. The Morgan fingerprint density at radius 1 is 1.17 bits per heavy atom. The number of rotatable bonds is 2. The molecule has 1 aromatic rings. The lowest BCUT2D eigenvalue weighted by atomic mass is 9.93. The summed E-state index contributed by atoms with van der Waals surface area (Å²) < 4.78 is 5.62. The van der Waals surface area contributed by atoms with Gasteiger partial charge in [-0.2, -0.15) is 0 Å². The molecule has 3 heteroatoms. The van der Waals surface area contributed by atoms with Gasteiger partial charge >= 0.3 is 0 Å². The molecule has 0 unspecified atom stereocenters. The van der Waals surface area contributed by atoms with E-state index in [1.807, 2.05) is 0 Å². The van der Waals surface area contributed by atoms with E-state index in [0.29, 0.717) is 6.04 Å². The number of ether oxygens (including phenoxy) is 1. The summed E-state index contributed by atoms with van der Waals surface area (Å²) in [6.45, 7) is 0.848. The van der Waals surface area contributed by atoms with Crippen LogP contribution in [0.4, 0.5) is 5.69 Å². The molecule has 18 heavy (non-hydrogen) atoms. The lowest BCUT2D eigenvalue weighted by molar-refractivity contribution is 0.126. The van der Waals surface area contributed by atoms with Crippen LogP contribution in [0.2, 0.25) is 0 Å². The van der Waals surface area contributed by atoms with Gasteiger partial charge < -0.3 is 15.2 Å². The van der Waals surface area contributed by atoms with Gasteiger partial charge in [-0.1, -0.05) is 0 Å². The zero-order valence-electron chi connectivity index (χ0n) is 10.7. The van der Waals surface area contributed by atoms with Crippen molar-refractivity contribution in [2.24, 2.45) is 0 Å². The third kappa shape index (κ3) is 2.61. The molecule has 98 valence electrons. The molecule has 1 saturated carbocycles. The molecule has 0 spiro atoms. The van der Waals surface area contributed by atoms with Gasteiger partial charge in [0.15, 0.2) is 0 Å². The highest BCUT2D eigenvalue weighted by atomic mass is 16.5. The van der Waals surface area contributed by atoms with Crippen LogP contribution in [0, 0.1) is 0 Å². The fraction of sp³-hybridized carbons (Fsp3) is 0.600. The second kappa shape index (κ2) is 5.19. The van der Waals surface area contributed by atoms with E-state index in [1.165, 1.54) is 11.3 Å². The number of aliphatic hydroxyl groups excluding tert-OH is 1. The van der Waals surface area contributed by atoms with E-state index in [0.717, 1.165) is 50.9 Å². The predicted molar refractivity (Wildman–Crippen MR) is 72.1 cm³/mol. The highest BCUT2D eigenvalue weighted by Crippen LogP contribution is 2.29. The fourth-order valence-corrected chi connectivity index (χ4v) is 2.91. The summed E-state index contributed by atoms with van der Waals surface area (Å²) in [7, 11) is 0. The second-order valence-electron chi connectivity index (χ2n) is 5.42. The molecule has 1 aliphatic heterocycles. The SMILES string of the molecule is OC1CCC(Nc2ccc3c(c2)CCCO3)CC1. The quantitative estimate of drug-likeness (QED) is 0.844. The lowest BCUT2D eigenvalue weighted by Crippen LogP contribution is -2.28. The minimum absolute atomic E-state index is 0.0833. The Morgan fingerprint density at radius 2 is 2.00 bits per heavy atom. The van der Waals surface area contributed by atoms with Gasteiger partial charge in [-0.25, -0.2) is 0 Å². The van der Waals surface area contributed by atoms with Crippen molar-refractivity contribution in [3.05, 3.63) is 23.8 Å². The van der Waals surface area contributed by atoms with E-state index < -0.39 is 0 Å². The van der Waals surface area contributed by atoms with Crippen molar-refractivity contribution in [1.82, 2.24) is 0 Å². The molecule has 0 radical (unpaired) electrons. The Balaban J connectivity index is 1.66. The van der Waals surface area contributed by atoms with E-state index in [1.54, 1.807) is 0 Å². The first-order valence-corrected chi connectivity index (χ1v) is 7.01. The highest BCUT2D eigenvalue weighted by molar-refractivity contribution is 5.52. The van der Waals surface area contributed by atoms with Gasteiger partial charge in [-0.15, -0.1) is 0 Å². The van der Waals surface area contributed by atoms with Crippen molar-refractivity contribution in [2.45, 2.75) is 50.7 Å². The maximum atomic E-state index is 9.51. The normalized spacial score (nSPS) is 27.2. The Labute approximate surface area is 108 Å². The summed E-state index contributed by atoms with van der Waals surface area (Å²) in [5.41, 5.74) is 2.52. The Morgan fingerprint density at radius 3 is 2.83 bits per heavy atom. The molecule has 1 aliphatic carbocycles. The van der Waals surface area contributed by atoms with Crippen LogP contribution in [0.5, 0.6) is 5.75 Å². The summed E-state index contributed by atoms with van der Waals surface area (Å²) >= 11 is 0. The van der Waals surface area contributed by atoms with Crippen LogP contribution in [0.25, 0.3) is 0 Å². The van der Waals surface area contributed by atoms with Gasteiger partial charge in [0.05, 0.1) is 12.7 Å². The maximum absolute atomic E-state index is 9.51. The van der Waals surface area contributed by atoms with Crippen LogP contribution in [0.3, 0.4) is 0 Å². The lowest BCUT2D eigenvalue weighted by Gasteiger charge is -2.27. The van der Waals surface area contributed by atoms with Gasteiger partial charge in [0.1, 0.15) is 5.75 Å². The number of fused-ring (bicyclic) bond motifs is 1. The standard InChI is InChI=1S/C15H21NO2/c17-14-6-3-12(4-7-14)16-13-5-8-15-11(10-13)2-1-9-18-15/h5,8,10,12,14,16-17H,1-4,6-7,9H2. The molecule has 2 aliphatic rings. The number of benzene rings is 1. The maximum Gasteiger partial charge on any atom is 0.122 e. The molecular formula is C15H21NO2. The first kappa shape index (κ1) is 11.8. The third-order valence-corrected chi connectivity index (χ3v) is 3.98. The van der Waals surface area contributed by atoms with Crippen LogP contribution >= 0.6 is 0 Å². The number of aryl methyl sites for hydroxylation is 1. The number of nitrogens with one attached hydrogen (secondary N) is 1. The van der Waals surface area contributed by atoms with Gasteiger partial charge in [0.25, 0.3) is 0 Å². The molecule has 1 aromatic carbocycles. The topological polar surface area (TPSA) is 41.5 Å². The first-order valence-electron chi connectivity index (χ1n) is 7.01. The average Bonchev–Trinajstić information content (AvgIpc) is 2.41. The number of aliphatic hydroxyl groups is 1. The van der Waals surface area contributed by atoms with E-state index in [9.17, 15) is 5.11 Å². The predicted octanol–water partition coefficient (Wildman–Crippen LogP) is 2.73. The van der Waals surface area contributed by atoms with Crippen LogP contribution in [-0.2, 0) is 6.42 Å². The molecule has 1 heterocycles. The molecule has 2 N–H and O–H groups in total. The summed E-state index contributed by atoms with van der Waals surface area (Å²) in [5.74, 6) is 1.05. The first-order chi connectivity index (χ1) is 8.81. The Kier molecular flexibility index (Phi) is 3.41. The highest BCUT2D eigenvalue weighted by Gasteiger charge is 2.19. The van der Waals surface area contributed by atoms with Gasteiger partial charge in [-0.3, -0.25) is 0 Å². The summed E-state index contributed by atoms with van der Waals surface area (Å²) in [5, 5.41) is 13.1. The van der Waals surface area contributed by atoms with Gasteiger partial charge in [0.2, 0.25) is 0 Å². The van der Waals surface area contributed by atoms with Crippen molar-refractivity contribution in [3.63, 3.8) is 0 Å². The smallest absolute Gasteiger partial charge is 0.122 e. The Bertz CT molecular complexity index is 411. The van der Waals surface area contributed by atoms with Crippen molar-refractivity contribution in [1.29, 1.82) is 0 Å². The van der Waals surface area contributed by atoms with Crippen molar-refractivity contribution >= 4 is 5.69 Å². The van der Waals surface area contributed by atoms with E-state index in [-0.39, 0.29) is 6.10 Å². The van der Waals surface area contributed by atoms with E-state index >= 15 is 0 Å². The van der Waals surface area contributed by atoms with Crippen LogP contribution in [0.15, 0.2) is 18.2 Å². The molecule has 1 fully saturated rings. The molecule has 3 rings (SSSR count). The zero-order valence-corrected chi connectivity index (χ0v) is 10.7. The zero-order chi connectivity index (χ0) is 12.4. The van der Waals surface area contributed by atoms with Crippen LogP contribution in [0.1, 0.15) is 37.7 Å². The van der Waals surface area contributed by atoms with Crippen molar-refractivity contribution in [3.8, 4) is 5.75 Å².